The van der Waals surface area contributed by atoms with Gasteiger partial charge in [0.05, 0.1) is 22.8 Å². The third-order valence-electron chi connectivity index (χ3n) is 3.73. The molecule has 0 N–H and O–H groups in total. The molecule has 1 aliphatic heterocycles. The zero-order valence-corrected chi connectivity index (χ0v) is 13.4. The van der Waals surface area contributed by atoms with Gasteiger partial charge >= 0.3 is 5.97 Å². The van der Waals surface area contributed by atoms with Crippen molar-refractivity contribution in [2.45, 2.75) is 13.8 Å². The van der Waals surface area contributed by atoms with Crippen molar-refractivity contribution < 1.29 is 29.0 Å². The van der Waals surface area contributed by atoms with Crippen LogP contribution in [-0.4, -0.2) is 23.8 Å². The van der Waals surface area contributed by atoms with E-state index in [4.69, 9.17) is 4.74 Å². The number of fused-ring (bicyclic) bond motifs is 1. The van der Waals surface area contributed by atoms with Crippen molar-refractivity contribution in [1.82, 2.24) is 0 Å². The monoisotopic (exact) mass is 338 g/mol. The van der Waals surface area contributed by atoms with Crippen molar-refractivity contribution in [3.8, 4) is 5.75 Å². The summed E-state index contributed by atoms with van der Waals surface area (Å²) in [6.07, 6.45) is 0. The number of anilines is 1. The van der Waals surface area contributed by atoms with E-state index in [0.29, 0.717) is 0 Å². The molecule has 0 bridgehead atoms. The van der Waals surface area contributed by atoms with Crippen LogP contribution in [0.5, 0.6) is 5.75 Å². The lowest BCUT2D eigenvalue weighted by molar-refractivity contribution is -0.255. The van der Waals surface area contributed by atoms with Crippen LogP contribution in [0.15, 0.2) is 36.4 Å². The largest absolute Gasteiger partial charge is 0.545 e. The maximum atomic E-state index is 12.7. The van der Waals surface area contributed by atoms with Gasteiger partial charge in [-0.3, -0.25) is 14.4 Å². The number of carbonyl (C=O) groups is 4. The van der Waals surface area contributed by atoms with E-state index in [-0.39, 0.29) is 28.1 Å². The summed E-state index contributed by atoms with van der Waals surface area (Å²) in [5.41, 5.74) is 0.702. The molecule has 0 spiro atoms. The summed E-state index contributed by atoms with van der Waals surface area (Å²) < 4.78 is 5.08. The molecular weight excluding hydrogens is 326 g/mol. The fourth-order valence-electron chi connectivity index (χ4n) is 2.63. The molecule has 0 aliphatic carbocycles. The number of carbonyl (C=O) groups excluding carboxylic acids is 4. The van der Waals surface area contributed by atoms with Gasteiger partial charge in [0.15, 0.2) is 5.75 Å². The molecule has 126 valence electrons. The number of carboxylic acid groups (broad SMARTS) is 1. The van der Waals surface area contributed by atoms with Crippen molar-refractivity contribution in [3.05, 3.63) is 58.7 Å². The second kappa shape index (κ2) is 5.86. The summed E-state index contributed by atoms with van der Waals surface area (Å²) in [7, 11) is 0. The van der Waals surface area contributed by atoms with Gasteiger partial charge in [0, 0.05) is 6.92 Å². The van der Waals surface area contributed by atoms with Crippen molar-refractivity contribution >= 4 is 29.4 Å². The smallest absolute Gasteiger partial charge is 0.308 e. The lowest BCUT2D eigenvalue weighted by Crippen LogP contribution is -2.30. The van der Waals surface area contributed by atoms with Gasteiger partial charge in [-0.25, -0.2) is 4.90 Å². The van der Waals surface area contributed by atoms with Crippen LogP contribution in [0, 0.1) is 6.92 Å². The fourth-order valence-corrected chi connectivity index (χ4v) is 2.63. The van der Waals surface area contributed by atoms with Gasteiger partial charge in [0.2, 0.25) is 0 Å². The van der Waals surface area contributed by atoms with E-state index >= 15 is 0 Å². The number of rotatable bonds is 3. The number of esters is 1. The second-order valence-electron chi connectivity index (χ2n) is 5.56. The predicted octanol–water partition coefficient (Wildman–Crippen LogP) is 1.08. The number of hydrogen-bond acceptors (Lipinski definition) is 6. The van der Waals surface area contributed by atoms with Gasteiger partial charge in [-0.2, -0.15) is 0 Å². The summed E-state index contributed by atoms with van der Waals surface area (Å²) >= 11 is 0. The molecule has 0 unspecified atom stereocenters. The summed E-state index contributed by atoms with van der Waals surface area (Å²) in [6, 6.07) is 8.27. The van der Waals surface area contributed by atoms with Crippen molar-refractivity contribution in [1.29, 1.82) is 0 Å². The van der Waals surface area contributed by atoms with Gasteiger partial charge in [0.1, 0.15) is 0 Å². The number of aromatic carboxylic acids is 1. The predicted molar refractivity (Wildman–Crippen MR) is 84.4 cm³/mol. The molecule has 7 nitrogen and oxygen atoms in total. The van der Waals surface area contributed by atoms with E-state index in [1.54, 1.807) is 19.1 Å². The van der Waals surface area contributed by atoms with Crippen LogP contribution < -0.4 is 14.7 Å². The van der Waals surface area contributed by atoms with E-state index in [1.807, 2.05) is 0 Å². The molecule has 0 aromatic heterocycles. The van der Waals surface area contributed by atoms with Crippen molar-refractivity contribution in [2.24, 2.45) is 0 Å². The van der Waals surface area contributed by atoms with E-state index in [1.165, 1.54) is 25.1 Å². The average Bonchev–Trinajstić information content (AvgIpc) is 2.80. The Kier molecular flexibility index (Phi) is 3.84. The second-order valence-corrected chi connectivity index (χ2v) is 5.56. The average molecular weight is 338 g/mol. The first kappa shape index (κ1) is 16.4. The van der Waals surface area contributed by atoms with E-state index in [2.05, 4.69) is 0 Å². The molecular formula is C18H12NO6-. The summed E-state index contributed by atoms with van der Waals surface area (Å²) in [5.74, 6) is -3.29. The van der Waals surface area contributed by atoms with Crippen molar-refractivity contribution in [2.75, 3.05) is 4.90 Å². The van der Waals surface area contributed by atoms with Crippen LogP contribution in [-0.2, 0) is 4.79 Å². The van der Waals surface area contributed by atoms with Crippen LogP contribution in [0.3, 0.4) is 0 Å². The van der Waals surface area contributed by atoms with Crippen LogP contribution in [0.2, 0.25) is 0 Å². The molecule has 0 atom stereocenters. The zero-order chi connectivity index (χ0) is 18.3. The topological polar surface area (TPSA) is 104 Å². The minimum atomic E-state index is -1.45. The normalized spacial score (nSPS) is 13.0. The molecule has 2 aromatic carbocycles. The Balaban J connectivity index is 2.12. The third kappa shape index (κ3) is 2.76. The number of carboxylic acids is 1. The number of amides is 2. The minimum absolute atomic E-state index is 0.0398. The van der Waals surface area contributed by atoms with E-state index < -0.39 is 23.8 Å². The first-order valence-electron chi connectivity index (χ1n) is 7.33. The lowest BCUT2D eigenvalue weighted by Gasteiger charge is -2.18. The Morgan fingerprint density at radius 2 is 1.68 bits per heavy atom. The van der Waals surface area contributed by atoms with Gasteiger partial charge in [0.25, 0.3) is 11.8 Å². The van der Waals surface area contributed by atoms with Crippen LogP contribution >= 0.6 is 0 Å². The zero-order valence-electron chi connectivity index (χ0n) is 13.4. The third-order valence-corrected chi connectivity index (χ3v) is 3.73. The Labute approximate surface area is 142 Å². The quantitative estimate of drug-likeness (QED) is 0.471. The maximum absolute atomic E-state index is 12.7. The number of ether oxygens (including phenoxy) is 1. The van der Waals surface area contributed by atoms with Crippen LogP contribution in [0.25, 0.3) is 0 Å². The summed E-state index contributed by atoms with van der Waals surface area (Å²) in [6.45, 7) is 2.96. The Bertz CT molecular complexity index is 947. The molecule has 25 heavy (non-hydrogen) atoms. The number of benzene rings is 2. The van der Waals surface area contributed by atoms with E-state index in [0.717, 1.165) is 16.5 Å². The van der Waals surface area contributed by atoms with Crippen LogP contribution in [0.4, 0.5) is 5.69 Å². The molecule has 1 heterocycles. The Morgan fingerprint density at radius 3 is 2.32 bits per heavy atom. The molecule has 2 amide bonds. The SMILES string of the molecule is CC(=O)Oc1ccc(C)cc1N1C(=O)c2ccc(C(=O)[O-])cc2C1=O. The first-order valence-corrected chi connectivity index (χ1v) is 7.33. The maximum Gasteiger partial charge on any atom is 0.308 e. The first-order chi connectivity index (χ1) is 11.8. The molecule has 0 saturated heterocycles. The van der Waals surface area contributed by atoms with Gasteiger partial charge in [-0.05, 0) is 42.3 Å². The standard InChI is InChI=1S/C18H13NO6/c1-9-3-6-15(25-10(2)20)14(7-9)19-16(21)12-5-4-11(18(23)24)8-13(12)17(19)22/h3-8H,1-2H3,(H,23,24)/p-1. The highest BCUT2D eigenvalue weighted by molar-refractivity contribution is 6.35. The molecule has 7 heteroatoms. The van der Waals surface area contributed by atoms with Crippen molar-refractivity contribution in [3.63, 3.8) is 0 Å². The molecule has 1 aliphatic rings. The molecule has 0 radical (unpaired) electrons. The molecule has 2 aromatic rings. The number of imide groups is 1. The highest BCUT2D eigenvalue weighted by Crippen LogP contribution is 2.36. The fraction of sp³-hybridized carbons (Fsp3) is 0.111. The van der Waals surface area contributed by atoms with Gasteiger partial charge in [-0.1, -0.05) is 12.1 Å². The van der Waals surface area contributed by atoms with Crippen LogP contribution in [0.1, 0.15) is 43.6 Å². The Hall–Kier alpha value is -3.48. The molecule has 0 saturated carbocycles. The molecule has 0 fully saturated rings. The lowest BCUT2D eigenvalue weighted by atomic mass is 10.1. The number of hydrogen-bond donors (Lipinski definition) is 0. The number of nitrogens with zero attached hydrogens (tertiary/aromatic N) is 1. The molecule has 3 rings (SSSR count). The van der Waals surface area contributed by atoms with E-state index in [9.17, 15) is 24.3 Å². The highest BCUT2D eigenvalue weighted by atomic mass is 16.5. The highest BCUT2D eigenvalue weighted by Gasteiger charge is 2.38. The number of aryl methyl sites for hydroxylation is 1. The summed E-state index contributed by atoms with van der Waals surface area (Å²) in [4.78, 5) is 48.5. The summed E-state index contributed by atoms with van der Waals surface area (Å²) in [5, 5.41) is 11.0. The minimum Gasteiger partial charge on any atom is -0.545 e. The van der Waals surface area contributed by atoms with Gasteiger partial charge in [-0.15, -0.1) is 0 Å². The Morgan fingerprint density at radius 1 is 1.00 bits per heavy atom. The van der Waals surface area contributed by atoms with Gasteiger partial charge < -0.3 is 14.6 Å².